The van der Waals surface area contributed by atoms with Crippen LogP contribution in [0.1, 0.15) is 32.1 Å². The van der Waals surface area contributed by atoms with Crippen LogP contribution in [0.25, 0.3) is 0 Å². The van der Waals surface area contributed by atoms with Crippen LogP contribution in [-0.4, -0.2) is 30.7 Å². The van der Waals surface area contributed by atoms with Crippen LogP contribution in [0.15, 0.2) is 24.3 Å². The molecule has 1 aromatic rings. The number of carbonyl (C=O) groups is 1. The highest BCUT2D eigenvalue weighted by Gasteiger charge is 2.14. The Morgan fingerprint density at radius 1 is 1.17 bits per heavy atom. The minimum absolute atomic E-state index is 0.158. The van der Waals surface area contributed by atoms with E-state index in [9.17, 15) is 4.79 Å². The third-order valence-electron chi connectivity index (χ3n) is 3.80. The van der Waals surface area contributed by atoms with Crippen molar-refractivity contribution in [3.8, 4) is 5.75 Å². The van der Waals surface area contributed by atoms with Gasteiger partial charge in [-0.1, -0.05) is 19.3 Å². The third kappa shape index (κ3) is 6.32. The van der Waals surface area contributed by atoms with E-state index in [0.29, 0.717) is 11.2 Å². The van der Waals surface area contributed by atoms with E-state index in [1.165, 1.54) is 19.3 Å². The maximum absolute atomic E-state index is 11.8. The summed E-state index contributed by atoms with van der Waals surface area (Å²) in [6.45, 7) is 0.158. The van der Waals surface area contributed by atoms with Crippen molar-refractivity contribution in [3.05, 3.63) is 24.3 Å². The summed E-state index contributed by atoms with van der Waals surface area (Å²) in [4.78, 5) is 11.8. The summed E-state index contributed by atoms with van der Waals surface area (Å²) in [5.74, 6) is 0.592. The van der Waals surface area contributed by atoms with Crippen molar-refractivity contribution in [2.75, 3.05) is 19.0 Å². The number of rotatable bonds is 5. The molecule has 23 heavy (non-hydrogen) atoms. The highest BCUT2D eigenvalue weighted by atomic mass is 32.1. The van der Waals surface area contributed by atoms with Crippen LogP contribution in [0.5, 0.6) is 5.75 Å². The van der Waals surface area contributed by atoms with E-state index in [-0.39, 0.29) is 12.5 Å². The van der Waals surface area contributed by atoms with Gasteiger partial charge in [0.05, 0.1) is 13.7 Å². The average molecular weight is 336 g/mol. The molecule has 1 saturated carbocycles. The monoisotopic (exact) mass is 336 g/mol. The van der Waals surface area contributed by atoms with Crippen molar-refractivity contribution in [2.45, 2.75) is 38.1 Å². The number of hydrogen-bond acceptors (Lipinski definition) is 4. The molecule has 0 aliphatic heterocycles. The second-order valence-corrected chi connectivity index (χ2v) is 5.97. The minimum Gasteiger partial charge on any atom is -0.497 e. The van der Waals surface area contributed by atoms with Crippen LogP contribution in [0.4, 0.5) is 5.69 Å². The van der Waals surface area contributed by atoms with Gasteiger partial charge in [0.25, 0.3) is 5.91 Å². The van der Waals surface area contributed by atoms with Gasteiger partial charge in [-0.25, -0.2) is 0 Å². The molecule has 1 aliphatic carbocycles. The first-order valence-electron chi connectivity index (χ1n) is 7.90. The van der Waals surface area contributed by atoms with Gasteiger partial charge in [0.1, 0.15) is 5.75 Å². The van der Waals surface area contributed by atoms with Gasteiger partial charge in [0.15, 0.2) is 5.11 Å². The summed E-state index contributed by atoms with van der Waals surface area (Å²) in [5.41, 5.74) is 6.18. The number of amides is 1. The highest BCUT2D eigenvalue weighted by Crippen LogP contribution is 2.17. The van der Waals surface area contributed by atoms with E-state index in [0.717, 1.165) is 24.3 Å². The second-order valence-electron chi connectivity index (χ2n) is 5.56. The quantitative estimate of drug-likeness (QED) is 0.486. The molecule has 0 heterocycles. The molecule has 1 aliphatic rings. The third-order valence-corrected chi connectivity index (χ3v) is 4.02. The molecule has 1 fully saturated rings. The Labute approximate surface area is 142 Å². The van der Waals surface area contributed by atoms with Gasteiger partial charge in [-0.15, -0.1) is 0 Å². The first-order valence-corrected chi connectivity index (χ1v) is 8.31. The van der Waals surface area contributed by atoms with Crippen molar-refractivity contribution in [2.24, 2.45) is 0 Å². The summed E-state index contributed by atoms with van der Waals surface area (Å²) in [7, 11) is 1.62. The van der Waals surface area contributed by atoms with Crippen molar-refractivity contribution < 1.29 is 9.53 Å². The van der Waals surface area contributed by atoms with E-state index in [1.807, 2.05) is 24.3 Å². The van der Waals surface area contributed by atoms with Crippen LogP contribution in [-0.2, 0) is 4.79 Å². The number of ether oxygens (including phenoxy) is 1. The first kappa shape index (κ1) is 17.3. The zero-order valence-electron chi connectivity index (χ0n) is 13.4. The van der Waals surface area contributed by atoms with E-state index in [4.69, 9.17) is 17.0 Å². The van der Waals surface area contributed by atoms with E-state index < -0.39 is 0 Å². The highest BCUT2D eigenvalue weighted by molar-refractivity contribution is 7.80. The lowest BCUT2D eigenvalue weighted by molar-refractivity contribution is -0.119. The number of thiocarbonyl (C=S) groups is 1. The number of hydrazine groups is 1. The van der Waals surface area contributed by atoms with Gasteiger partial charge < -0.3 is 15.4 Å². The zero-order chi connectivity index (χ0) is 16.5. The Kier molecular flexibility index (Phi) is 6.93. The van der Waals surface area contributed by atoms with Crippen LogP contribution < -0.4 is 26.2 Å². The molecule has 7 heteroatoms. The molecule has 0 radical (unpaired) electrons. The lowest BCUT2D eigenvalue weighted by Crippen LogP contribution is -2.51. The summed E-state index contributed by atoms with van der Waals surface area (Å²) in [6, 6.07) is 7.80. The fourth-order valence-corrected chi connectivity index (χ4v) is 2.75. The maximum Gasteiger partial charge on any atom is 0.257 e. The normalized spacial score (nSPS) is 14.7. The topological polar surface area (TPSA) is 74.4 Å². The number of anilines is 1. The largest absolute Gasteiger partial charge is 0.497 e. The van der Waals surface area contributed by atoms with Crippen molar-refractivity contribution in [1.29, 1.82) is 0 Å². The molecule has 4 N–H and O–H groups in total. The Morgan fingerprint density at radius 3 is 2.52 bits per heavy atom. The number of benzene rings is 1. The summed E-state index contributed by atoms with van der Waals surface area (Å²) < 4.78 is 5.08. The van der Waals surface area contributed by atoms with Crippen LogP contribution in [0.3, 0.4) is 0 Å². The minimum atomic E-state index is -0.186. The van der Waals surface area contributed by atoms with Gasteiger partial charge >= 0.3 is 0 Å². The number of nitrogens with one attached hydrogen (secondary N) is 4. The van der Waals surface area contributed by atoms with E-state index in [2.05, 4.69) is 21.5 Å². The number of hydrogen-bond donors (Lipinski definition) is 4. The molecular formula is C16H24N4O2S. The molecular weight excluding hydrogens is 312 g/mol. The van der Waals surface area contributed by atoms with Gasteiger partial charge in [-0.3, -0.25) is 15.6 Å². The van der Waals surface area contributed by atoms with Crippen LogP contribution in [0, 0.1) is 0 Å². The smallest absolute Gasteiger partial charge is 0.257 e. The number of carbonyl (C=O) groups excluding carboxylic acids is 1. The molecule has 0 unspecified atom stereocenters. The van der Waals surface area contributed by atoms with Gasteiger partial charge in [0.2, 0.25) is 0 Å². The lowest BCUT2D eigenvalue weighted by atomic mass is 9.96. The molecule has 0 saturated heterocycles. The Balaban J connectivity index is 1.62. The molecule has 0 bridgehead atoms. The maximum atomic E-state index is 11.8. The van der Waals surface area contributed by atoms with Crippen molar-refractivity contribution in [1.82, 2.24) is 16.2 Å². The lowest BCUT2D eigenvalue weighted by Gasteiger charge is -2.24. The van der Waals surface area contributed by atoms with Gasteiger partial charge in [-0.05, 0) is 49.3 Å². The van der Waals surface area contributed by atoms with Gasteiger partial charge in [-0.2, -0.15) is 0 Å². The first-order chi connectivity index (χ1) is 11.2. The Bertz CT molecular complexity index is 515. The fraction of sp³-hybridized carbons (Fsp3) is 0.500. The van der Waals surface area contributed by atoms with E-state index in [1.54, 1.807) is 7.11 Å². The molecule has 6 nitrogen and oxygen atoms in total. The Hall–Kier alpha value is -2.02. The zero-order valence-corrected chi connectivity index (χ0v) is 14.2. The summed E-state index contributed by atoms with van der Waals surface area (Å²) in [6.07, 6.45) is 6.03. The molecule has 1 aromatic carbocycles. The fourth-order valence-electron chi connectivity index (χ4n) is 2.53. The summed E-state index contributed by atoms with van der Waals surface area (Å²) >= 11 is 5.19. The van der Waals surface area contributed by atoms with Crippen molar-refractivity contribution in [3.63, 3.8) is 0 Å². The standard InChI is InChI=1S/C16H24N4O2S/c1-22-14-9-7-12(8-10-14)17-11-15(21)19-20-16(23)18-13-5-3-2-4-6-13/h7-10,13,17H,2-6,11H2,1H3,(H,19,21)(H2,18,20,23). The molecule has 0 aromatic heterocycles. The Morgan fingerprint density at radius 2 is 1.87 bits per heavy atom. The molecule has 0 atom stereocenters. The van der Waals surface area contributed by atoms with Crippen LogP contribution in [0.2, 0.25) is 0 Å². The van der Waals surface area contributed by atoms with Crippen molar-refractivity contribution >= 4 is 28.9 Å². The molecule has 2 rings (SSSR count). The van der Waals surface area contributed by atoms with Crippen LogP contribution >= 0.6 is 12.2 Å². The number of methoxy groups -OCH3 is 1. The molecule has 1 amide bonds. The average Bonchev–Trinajstić information content (AvgIpc) is 2.59. The SMILES string of the molecule is COc1ccc(NCC(=O)NNC(=S)NC2CCCCC2)cc1. The molecule has 126 valence electrons. The predicted octanol–water partition coefficient (Wildman–Crippen LogP) is 1.94. The molecule has 0 spiro atoms. The second kappa shape index (κ2) is 9.19. The summed E-state index contributed by atoms with van der Waals surface area (Å²) in [5, 5.41) is 6.73. The van der Waals surface area contributed by atoms with E-state index >= 15 is 0 Å². The predicted molar refractivity (Wildman–Crippen MR) is 95.4 cm³/mol. The van der Waals surface area contributed by atoms with Gasteiger partial charge in [0, 0.05) is 11.7 Å².